The Morgan fingerprint density at radius 2 is 2.05 bits per heavy atom. The molecule has 0 saturated heterocycles. The SMILES string of the molecule is CCCOC(=O)CCN1C(=O)c2cccc([N+](=O)[O-])c2C1=O. The van der Waals surface area contributed by atoms with E-state index in [2.05, 4.69) is 0 Å². The van der Waals surface area contributed by atoms with Crippen LogP contribution in [0.2, 0.25) is 0 Å². The molecule has 0 fully saturated rings. The molecule has 2 rings (SSSR count). The maximum absolute atomic E-state index is 12.2. The molecule has 8 nitrogen and oxygen atoms in total. The fraction of sp³-hybridized carbons (Fsp3) is 0.357. The topological polar surface area (TPSA) is 107 Å². The quantitative estimate of drug-likeness (QED) is 0.341. The first kappa shape index (κ1) is 15.6. The molecular weight excluding hydrogens is 292 g/mol. The predicted octanol–water partition coefficient (Wildman–Crippen LogP) is 1.53. The molecule has 0 aromatic heterocycles. The first-order valence-corrected chi connectivity index (χ1v) is 6.76. The molecule has 1 heterocycles. The van der Waals surface area contributed by atoms with Crippen LogP contribution >= 0.6 is 0 Å². The van der Waals surface area contributed by atoms with E-state index in [1.807, 2.05) is 6.92 Å². The van der Waals surface area contributed by atoms with Crippen LogP contribution in [0.15, 0.2) is 18.2 Å². The molecule has 2 amide bonds. The van der Waals surface area contributed by atoms with E-state index in [1.165, 1.54) is 18.2 Å². The molecule has 0 N–H and O–H groups in total. The highest BCUT2D eigenvalue weighted by atomic mass is 16.6. The van der Waals surface area contributed by atoms with Gasteiger partial charge in [0.1, 0.15) is 5.56 Å². The number of nitro benzene ring substituents is 1. The lowest BCUT2D eigenvalue weighted by Crippen LogP contribution is -2.32. The summed E-state index contributed by atoms with van der Waals surface area (Å²) in [4.78, 5) is 46.9. The summed E-state index contributed by atoms with van der Waals surface area (Å²) < 4.78 is 4.86. The van der Waals surface area contributed by atoms with E-state index >= 15 is 0 Å². The Hall–Kier alpha value is -2.77. The zero-order chi connectivity index (χ0) is 16.3. The summed E-state index contributed by atoms with van der Waals surface area (Å²) in [6.07, 6.45) is 0.532. The Morgan fingerprint density at radius 1 is 1.32 bits per heavy atom. The molecule has 116 valence electrons. The van der Waals surface area contributed by atoms with Gasteiger partial charge in [0.05, 0.1) is 23.5 Å². The Balaban J connectivity index is 2.16. The second-order valence-corrected chi connectivity index (χ2v) is 4.69. The van der Waals surface area contributed by atoms with Gasteiger partial charge in [0.15, 0.2) is 0 Å². The Morgan fingerprint density at radius 3 is 2.68 bits per heavy atom. The molecule has 0 saturated carbocycles. The average molecular weight is 306 g/mol. The van der Waals surface area contributed by atoms with Crippen LogP contribution in [-0.2, 0) is 9.53 Å². The highest BCUT2D eigenvalue weighted by Gasteiger charge is 2.40. The maximum atomic E-state index is 12.2. The summed E-state index contributed by atoms with van der Waals surface area (Å²) in [6.45, 7) is 1.95. The Kier molecular flexibility index (Phi) is 4.50. The minimum absolute atomic E-state index is 0.0128. The normalized spacial score (nSPS) is 13.2. The highest BCUT2D eigenvalue weighted by Crippen LogP contribution is 2.30. The standard InChI is InChI=1S/C14H14N2O6/c1-2-8-22-11(17)6-7-15-13(18)9-4-3-5-10(16(20)21)12(9)14(15)19/h3-5H,2,6-8H2,1H3. The zero-order valence-electron chi connectivity index (χ0n) is 11.9. The van der Waals surface area contributed by atoms with Crippen molar-refractivity contribution in [1.29, 1.82) is 0 Å². The number of esters is 1. The molecule has 22 heavy (non-hydrogen) atoms. The molecule has 0 atom stereocenters. The number of hydrogen-bond donors (Lipinski definition) is 0. The second kappa shape index (κ2) is 6.33. The van der Waals surface area contributed by atoms with Gasteiger partial charge >= 0.3 is 5.97 Å². The Bertz CT molecular complexity index is 655. The number of carbonyl (C=O) groups excluding carboxylic acids is 3. The van der Waals surface area contributed by atoms with Gasteiger partial charge in [-0.25, -0.2) is 0 Å². The molecule has 8 heteroatoms. The van der Waals surface area contributed by atoms with Crippen LogP contribution in [0.25, 0.3) is 0 Å². The van der Waals surface area contributed by atoms with E-state index < -0.39 is 28.4 Å². The average Bonchev–Trinajstić information content (AvgIpc) is 2.74. The van der Waals surface area contributed by atoms with Gasteiger partial charge in [0.2, 0.25) is 0 Å². The summed E-state index contributed by atoms with van der Waals surface area (Å²) in [5.74, 6) is -1.91. The number of fused-ring (bicyclic) bond motifs is 1. The molecule has 1 aromatic rings. The van der Waals surface area contributed by atoms with Crippen molar-refractivity contribution in [3.05, 3.63) is 39.4 Å². The van der Waals surface area contributed by atoms with Crippen molar-refractivity contribution in [3.63, 3.8) is 0 Å². The van der Waals surface area contributed by atoms with Gasteiger partial charge in [0.25, 0.3) is 17.5 Å². The van der Waals surface area contributed by atoms with Crippen LogP contribution in [0.3, 0.4) is 0 Å². The maximum Gasteiger partial charge on any atom is 0.307 e. The molecule has 0 bridgehead atoms. The highest BCUT2D eigenvalue weighted by molar-refractivity contribution is 6.23. The second-order valence-electron chi connectivity index (χ2n) is 4.69. The van der Waals surface area contributed by atoms with E-state index in [0.29, 0.717) is 6.42 Å². The number of ether oxygens (including phenoxy) is 1. The molecular formula is C14H14N2O6. The minimum atomic E-state index is -0.754. The summed E-state index contributed by atoms with van der Waals surface area (Å²) >= 11 is 0. The van der Waals surface area contributed by atoms with Gasteiger partial charge in [-0.3, -0.25) is 29.4 Å². The summed E-state index contributed by atoms with van der Waals surface area (Å²) in [5, 5.41) is 11.0. The van der Waals surface area contributed by atoms with Crippen LogP contribution < -0.4 is 0 Å². The smallest absolute Gasteiger partial charge is 0.307 e. The van der Waals surface area contributed by atoms with Crippen LogP contribution in [-0.4, -0.2) is 40.8 Å². The lowest BCUT2D eigenvalue weighted by molar-refractivity contribution is -0.385. The van der Waals surface area contributed by atoms with Crippen molar-refractivity contribution in [2.75, 3.05) is 13.2 Å². The van der Waals surface area contributed by atoms with Crippen molar-refractivity contribution in [2.45, 2.75) is 19.8 Å². The van der Waals surface area contributed by atoms with Gasteiger partial charge in [0, 0.05) is 12.6 Å². The monoisotopic (exact) mass is 306 g/mol. The number of carbonyl (C=O) groups is 3. The zero-order valence-corrected chi connectivity index (χ0v) is 11.9. The number of hydrogen-bond acceptors (Lipinski definition) is 6. The van der Waals surface area contributed by atoms with Gasteiger partial charge in [-0.15, -0.1) is 0 Å². The predicted molar refractivity (Wildman–Crippen MR) is 74.3 cm³/mol. The van der Waals surface area contributed by atoms with E-state index in [-0.39, 0.29) is 30.7 Å². The molecule has 0 radical (unpaired) electrons. The number of rotatable bonds is 6. The largest absolute Gasteiger partial charge is 0.466 e. The lowest BCUT2D eigenvalue weighted by Gasteiger charge is -2.12. The summed E-state index contributed by atoms with van der Waals surface area (Å²) in [5.41, 5.74) is -0.646. The van der Waals surface area contributed by atoms with E-state index in [0.717, 1.165) is 4.90 Å². The number of benzene rings is 1. The van der Waals surface area contributed by atoms with Gasteiger partial charge < -0.3 is 4.74 Å². The van der Waals surface area contributed by atoms with E-state index in [1.54, 1.807) is 0 Å². The van der Waals surface area contributed by atoms with Crippen LogP contribution in [0.5, 0.6) is 0 Å². The third kappa shape index (κ3) is 2.80. The van der Waals surface area contributed by atoms with E-state index in [9.17, 15) is 24.5 Å². The third-order valence-electron chi connectivity index (χ3n) is 3.18. The molecule has 0 unspecified atom stereocenters. The molecule has 1 aliphatic heterocycles. The fourth-order valence-corrected chi connectivity index (χ4v) is 2.16. The summed E-state index contributed by atoms with van der Waals surface area (Å²) in [6, 6.07) is 3.88. The first-order valence-electron chi connectivity index (χ1n) is 6.76. The number of amides is 2. The Labute approximate surface area is 125 Å². The minimum Gasteiger partial charge on any atom is -0.466 e. The third-order valence-corrected chi connectivity index (χ3v) is 3.18. The van der Waals surface area contributed by atoms with Gasteiger partial charge in [-0.2, -0.15) is 0 Å². The van der Waals surface area contributed by atoms with Gasteiger partial charge in [-0.1, -0.05) is 13.0 Å². The van der Waals surface area contributed by atoms with Crippen molar-refractivity contribution >= 4 is 23.5 Å². The van der Waals surface area contributed by atoms with Gasteiger partial charge in [-0.05, 0) is 12.5 Å². The molecule has 0 aliphatic carbocycles. The van der Waals surface area contributed by atoms with Crippen LogP contribution in [0.1, 0.15) is 40.5 Å². The first-order chi connectivity index (χ1) is 10.5. The van der Waals surface area contributed by atoms with Crippen molar-refractivity contribution in [2.24, 2.45) is 0 Å². The lowest BCUT2D eigenvalue weighted by atomic mass is 10.1. The molecule has 1 aromatic carbocycles. The number of nitro groups is 1. The number of nitrogens with zero attached hydrogens (tertiary/aromatic N) is 2. The van der Waals surface area contributed by atoms with Crippen LogP contribution in [0, 0.1) is 10.1 Å². The fourth-order valence-electron chi connectivity index (χ4n) is 2.16. The molecule has 0 spiro atoms. The van der Waals surface area contributed by atoms with Crippen LogP contribution in [0.4, 0.5) is 5.69 Å². The number of imide groups is 1. The summed E-state index contributed by atoms with van der Waals surface area (Å²) in [7, 11) is 0. The van der Waals surface area contributed by atoms with Crippen molar-refractivity contribution in [1.82, 2.24) is 4.90 Å². The van der Waals surface area contributed by atoms with E-state index in [4.69, 9.17) is 4.74 Å². The van der Waals surface area contributed by atoms with Crippen molar-refractivity contribution < 1.29 is 24.0 Å². The molecule has 1 aliphatic rings. The van der Waals surface area contributed by atoms with Crippen molar-refractivity contribution in [3.8, 4) is 0 Å².